The zero-order valence-corrected chi connectivity index (χ0v) is 13.0. The van der Waals surface area contributed by atoms with Crippen molar-refractivity contribution in [2.45, 2.75) is 19.4 Å². The topological polar surface area (TPSA) is 49.9 Å². The number of hydrogen-bond acceptors (Lipinski definition) is 3. The summed E-state index contributed by atoms with van der Waals surface area (Å²) in [6.45, 7) is 3.03. The maximum absolute atomic E-state index is 12.7. The van der Waals surface area contributed by atoms with Gasteiger partial charge in [0.15, 0.2) is 0 Å². The second kappa shape index (κ2) is 6.48. The summed E-state index contributed by atoms with van der Waals surface area (Å²) in [5, 5.41) is 0. The predicted molar refractivity (Wildman–Crippen MR) is 82.1 cm³/mol. The first-order valence-corrected chi connectivity index (χ1v) is 7.81. The number of hydrogen-bond donors (Lipinski definition) is 0. The molecule has 1 aromatic carbocycles. The van der Waals surface area contributed by atoms with E-state index in [4.69, 9.17) is 4.74 Å². The van der Waals surface area contributed by atoms with Crippen molar-refractivity contribution >= 4 is 11.8 Å². The summed E-state index contributed by atoms with van der Waals surface area (Å²) in [6, 6.07) is 8.26. The summed E-state index contributed by atoms with van der Waals surface area (Å²) in [7, 11) is 1.62. The van der Waals surface area contributed by atoms with Gasteiger partial charge in [-0.05, 0) is 17.5 Å². The molecule has 0 saturated carbocycles. The molecule has 1 saturated heterocycles. The zero-order chi connectivity index (χ0) is 15.5. The van der Waals surface area contributed by atoms with Crippen LogP contribution >= 0.6 is 0 Å². The van der Waals surface area contributed by atoms with Crippen molar-refractivity contribution in [3.05, 3.63) is 35.4 Å². The third-order valence-electron chi connectivity index (χ3n) is 4.57. The summed E-state index contributed by atoms with van der Waals surface area (Å²) in [5.41, 5.74) is 2.55. The van der Waals surface area contributed by atoms with Crippen molar-refractivity contribution in [2.75, 3.05) is 33.4 Å². The maximum Gasteiger partial charge on any atom is 0.228 e. The van der Waals surface area contributed by atoms with Gasteiger partial charge in [-0.25, -0.2) is 0 Å². The minimum Gasteiger partial charge on any atom is -0.383 e. The molecule has 1 fully saturated rings. The number of methoxy groups -OCH3 is 1. The molecule has 2 aliphatic heterocycles. The number of amides is 2. The molecule has 0 aromatic heterocycles. The van der Waals surface area contributed by atoms with Gasteiger partial charge in [0, 0.05) is 39.7 Å². The highest BCUT2D eigenvalue weighted by Gasteiger charge is 2.36. The summed E-state index contributed by atoms with van der Waals surface area (Å²) in [4.78, 5) is 28.3. The Kier molecular flexibility index (Phi) is 4.43. The molecule has 0 radical (unpaired) electrons. The van der Waals surface area contributed by atoms with Crippen LogP contribution in [-0.4, -0.2) is 55.0 Å². The zero-order valence-electron chi connectivity index (χ0n) is 13.0. The molecule has 1 aromatic rings. The Balaban J connectivity index is 1.62. The van der Waals surface area contributed by atoms with Crippen LogP contribution in [0.2, 0.25) is 0 Å². The third-order valence-corrected chi connectivity index (χ3v) is 4.57. The predicted octanol–water partition coefficient (Wildman–Crippen LogP) is 1.07. The summed E-state index contributed by atoms with van der Waals surface area (Å²) in [6.07, 6.45) is 1.23. The molecule has 2 aliphatic rings. The van der Waals surface area contributed by atoms with E-state index < -0.39 is 0 Å². The summed E-state index contributed by atoms with van der Waals surface area (Å²) in [5.74, 6) is -0.0230. The summed E-state index contributed by atoms with van der Waals surface area (Å²) < 4.78 is 5.01. The van der Waals surface area contributed by atoms with E-state index in [-0.39, 0.29) is 17.7 Å². The number of likely N-dealkylation sites (tertiary alicyclic amines) is 1. The van der Waals surface area contributed by atoms with Crippen molar-refractivity contribution in [3.8, 4) is 0 Å². The van der Waals surface area contributed by atoms with Crippen LogP contribution in [-0.2, 0) is 27.3 Å². The Hall–Kier alpha value is -1.88. The fraction of sp³-hybridized carbons (Fsp3) is 0.529. The van der Waals surface area contributed by atoms with Crippen molar-refractivity contribution < 1.29 is 14.3 Å². The van der Waals surface area contributed by atoms with E-state index in [9.17, 15) is 9.59 Å². The smallest absolute Gasteiger partial charge is 0.228 e. The summed E-state index contributed by atoms with van der Waals surface area (Å²) >= 11 is 0. The maximum atomic E-state index is 12.7. The normalized spacial score (nSPS) is 21.1. The van der Waals surface area contributed by atoms with Gasteiger partial charge in [-0.1, -0.05) is 24.3 Å². The number of nitrogens with zero attached hydrogens (tertiary/aromatic N) is 2. The van der Waals surface area contributed by atoms with Crippen molar-refractivity contribution in [1.29, 1.82) is 0 Å². The molecule has 5 nitrogen and oxygen atoms in total. The van der Waals surface area contributed by atoms with Gasteiger partial charge >= 0.3 is 0 Å². The van der Waals surface area contributed by atoms with Gasteiger partial charge in [0.1, 0.15) is 0 Å². The van der Waals surface area contributed by atoms with Gasteiger partial charge in [0.05, 0.1) is 12.5 Å². The number of carbonyl (C=O) groups excluding carboxylic acids is 2. The highest BCUT2D eigenvalue weighted by molar-refractivity contribution is 5.89. The Morgan fingerprint density at radius 1 is 1.32 bits per heavy atom. The number of ether oxygens (including phenoxy) is 1. The molecule has 2 amide bonds. The van der Waals surface area contributed by atoms with Gasteiger partial charge in [-0.2, -0.15) is 0 Å². The lowest BCUT2D eigenvalue weighted by Crippen LogP contribution is -2.40. The number of benzene rings is 1. The molecule has 1 unspecified atom stereocenters. The SMILES string of the molecule is COCCN1CC(C(=O)N2CCc3ccccc3C2)CC1=O. The number of rotatable bonds is 4. The van der Waals surface area contributed by atoms with Gasteiger partial charge in [0.2, 0.25) is 11.8 Å². The lowest BCUT2D eigenvalue weighted by Gasteiger charge is -2.30. The third kappa shape index (κ3) is 2.99. The monoisotopic (exact) mass is 302 g/mol. The Morgan fingerprint density at radius 2 is 2.09 bits per heavy atom. The van der Waals surface area contributed by atoms with Gasteiger partial charge in [-0.3, -0.25) is 9.59 Å². The average molecular weight is 302 g/mol. The van der Waals surface area contributed by atoms with E-state index in [0.29, 0.717) is 32.7 Å². The van der Waals surface area contributed by atoms with Crippen LogP contribution in [0.1, 0.15) is 17.5 Å². The van der Waals surface area contributed by atoms with E-state index in [0.717, 1.165) is 13.0 Å². The molecule has 5 heteroatoms. The molecular weight excluding hydrogens is 280 g/mol. The Labute approximate surface area is 130 Å². The van der Waals surface area contributed by atoms with E-state index in [1.165, 1.54) is 11.1 Å². The second-order valence-electron chi connectivity index (χ2n) is 6.01. The molecule has 22 heavy (non-hydrogen) atoms. The van der Waals surface area contributed by atoms with E-state index >= 15 is 0 Å². The standard InChI is InChI=1S/C17H22N2O3/c1-22-9-8-18-12-15(10-16(18)20)17(21)19-7-6-13-4-2-3-5-14(13)11-19/h2-5,15H,6-12H2,1H3. The fourth-order valence-corrected chi connectivity index (χ4v) is 3.30. The molecule has 0 aliphatic carbocycles. The molecule has 118 valence electrons. The van der Waals surface area contributed by atoms with Crippen molar-refractivity contribution in [1.82, 2.24) is 9.80 Å². The average Bonchev–Trinajstić information content (AvgIpc) is 2.92. The molecule has 0 N–H and O–H groups in total. The van der Waals surface area contributed by atoms with Crippen LogP contribution in [0.25, 0.3) is 0 Å². The lowest BCUT2D eigenvalue weighted by molar-refractivity contribution is -0.136. The van der Waals surface area contributed by atoms with Gasteiger partial charge in [0.25, 0.3) is 0 Å². The van der Waals surface area contributed by atoms with Crippen LogP contribution in [0.3, 0.4) is 0 Å². The molecule has 0 bridgehead atoms. The van der Waals surface area contributed by atoms with Crippen LogP contribution in [0.4, 0.5) is 0 Å². The quantitative estimate of drug-likeness (QED) is 0.836. The largest absolute Gasteiger partial charge is 0.383 e. The fourth-order valence-electron chi connectivity index (χ4n) is 3.30. The van der Waals surface area contributed by atoms with Crippen molar-refractivity contribution in [3.63, 3.8) is 0 Å². The minimum atomic E-state index is -0.199. The first kappa shape index (κ1) is 15.0. The minimum absolute atomic E-state index is 0.0628. The molecule has 2 heterocycles. The molecular formula is C17H22N2O3. The first-order chi connectivity index (χ1) is 10.7. The van der Waals surface area contributed by atoms with Gasteiger partial charge in [-0.15, -0.1) is 0 Å². The Bertz CT molecular complexity index is 573. The Morgan fingerprint density at radius 3 is 2.86 bits per heavy atom. The van der Waals surface area contributed by atoms with E-state index in [2.05, 4.69) is 12.1 Å². The van der Waals surface area contributed by atoms with Crippen LogP contribution in [0, 0.1) is 5.92 Å². The van der Waals surface area contributed by atoms with Gasteiger partial charge < -0.3 is 14.5 Å². The van der Waals surface area contributed by atoms with Crippen LogP contribution in [0.15, 0.2) is 24.3 Å². The lowest BCUT2D eigenvalue weighted by atomic mass is 9.98. The number of carbonyl (C=O) groups is 2. The number of fused-ring (bicyclic) bond motifs is 1. The van der Waals surface area contributed by atoms with E-state index in [1.54, 1.807) is 12.0 Å². The highest BCUT2D eigenvalue weighted by atomic mass is 16.5. The van der Waals surface area contributed by atoms with Crippen molar-refractivity contribution in [2.24, 2.45) is 5.92 Å². The molecule has 3 rings (SSSR count). The second-order valence-corrected chi connectivity index (χ2v) is 6.01. The van der Waals surface area contributed by atoms with Crippen LogP contribution in [0.5, 0.6) is 0 Å². The highest BCUT2D eigenvalue weighted by Crippen LogP contribution is 2.24. The first-order valence-electron chi connectivity index (χ1n) is 7.81. The van der Waals surface area contributed by atoms with Crippen LogP contribution < -0.4 is 0 Å². The van der Waals surface area contributed by atoms with E-state index in [1.807, 2.05) is 17.0 Å². The molecule has 0 spiro atoms. The molecule has 1 atom stereocenters.